The van der Waals surface area contributed by atoms with Gasteiger partial charge in [-0.05, 0) is 64.7 Å². The molecule has 2 aromatic rings. The molecule has 7 heteroatoms. The first-order valence-electron chi connectivity index (χ1n) is 8.54. The van der Waals surface area contributed by atoms with E-state index in [0.29, 0.717) is 11.7 Å². The fourth-order valence-corrected chi connectivity index (χ4v) is 2.83. The second-order valence-electron chi connectivity index (χ2n) is 7.52. The summed E-state index contributed by atoms with van der Waals surface area (Å²) in [4.78, 5) is 20.8. The molecule has 0 saturated heterocycles. The first-order chi connectivity index (χ1) is 11.8. The summed E-state index contributed by atoms with van der Waals surface area (Å²) < 4.78 is 10.8. The lowest BCUT2D eigenvalue weighted by Crippen LogP contribution is -2.52. The van der Waals surface area contributed by atoms with Gasteiger partial charge in [0.1, 0.15) is 11.1 Å². The van der Waals surface area contributed by atoms with Crippen LogP contribution in [0.5, 0.6) is 0 Å². The van der Waals surface area contributed by atoms with Gasteiger partial charge in [0, 0.05) is 12.4 Å². The number of ether oxygens (including phenoxy) is 1. The molecule has 2 heterocycles. The van der Waals surface area contributed by atoms with E-state index in [4.69, 9.17) is 9.26 Å². The molecular formula is C18H24N4O3. The molecule has 1 fully saturated rings. The molecule has 2 aromatic heterocycles. The van der Waals surface area contributed by atoms with Gasteiger partial charge in [-0.15, -0.1) is 0 Å². The number of amides is 1. The Morgan fingerprint density at radius 2 is 2.00 bits per heavy atom. The number of rotatable bonds is 4. The third-order valence-electron chi connectivity index (χ3n) is 4.39. The van der Waals surface area contributed by atoms with E-state index >= 15 is 0 Å². The normalized spacial score (nSPS) is 17.4. The van der Waals surface area contributed by atoms with Crippen molar-refractivity contribution in [1.82, 2.24) is 20.4 Å². The highest BCUT2D eigenvalue weighted by Crippen LogP contribution is 2.40. The van der Waals surface area contributed by atoms with Crippen LogP contribution in [0.15, 0.2) is 29.0 Å². The van der Waals surface area contributed by atoms with Gasteiger partial charge in [-0.2, -0.15) is 4.98 Å². The van der Waals surface area contributed by atoms with Crippen molar-refractivity contribution in [1.29, 1.82) is 0 Å². The fourth-order valence-electron chi connectivity index (χ4n) is 2.83. The molecule has 0 aromatic carbocycles. The van der Waals surface area contributed by atoms with E-state index in [1.54, 1.807) is 12.4 Å². The molecular weight excluding hydrogens is 320 g/mol. The Balaban J connectivity index is 1.76. The molecule has 0 radical (unpaired) electrons. The lowest BCUT2D eigenvalue weighted by atomic mass is 9.76. The van der Waals surface area contributed by atoms with E-state index in [1.165, 1.54) is 0 Å². The number of aromatic nitrogens is 3. The van der Waals surface area contributed by atoms with Crippen LogP contribution in [0.3, 0.4) is 0 Å². The van der Waals surface area contributed by atoms with Crippen LogP contribution in [0.1, 0.15) is 70.2 Å². The molecule has 0 aliphatic heterocycles. The predicted octanol–water partition coefficient (Wildman–Crippen LogP) is 3.52. The van der Waals surface area contributed by atoms with Crippen LogP contribution in [0.2, 0.25) is 0 Å². The molecule has 7 nitrogen and oxygen atoms in total. The highest BCUT2D eigenvalue weighted by Gasteiger charge is 2.45. The van der Waals surface area contributed by atoms with E-state index in [1.807, 2.05) is 39.8 Å². The van der Waals surface area contributed by atoms with Crippen molar-refractivity contribution < 1.29 is 14.1 Å². The number of pyridine rings is 1. The highest BCUT2D eigenvalue weighted by molar-refractivity contribution is 5.69. The minimum absolute atomic E-state index is 0.0390. The number of nitrogens with zero attached hydrogens (tertiary/aromatic N) is 3. The Hall–Kier alpha value is -2.44. The number of nitrogens with one attached hydrogen (secondary N) is 1. The maximum absolute atomic E-state index is 12.2. The number of hydrogen-bond donors (Lipinski definition) is 1. The lowest BCUT2D eigenvalue weighted by molar-refractivity contribution is 0.0362. The van der Waals surface area contributed by atoms with E-state index < -0.39 is 17.2 Å². The summed E-state index contributed by atoms with van der Waals surface area (Å²) in [5, 5.41) is 7.07. The van der Waals surface area contributed by atoms with Crippen LogP contribution < -0.4 is 5.32 Å². The van der Waals surface area contributed by atoms with Crippen molar-refractivity contribution in [3.05, 3.63) is 41.8 Å². The van der Waals surface area contributed by atoms with Crippen molar-refractivity contribution in [2.45, 2.75) is 64.0 Å². The maximum atomic E-state index is 12.2. The topological polar surface area (TPSA) is 90.1 Å². The Bertz CT molecular complexity index is 732. The third kappa shape index (κ3) is 3.81. The molecule has 134 valence electrons. The number of carbonyl (C=O) groups excluding carboxylic acids is 1. The van der Waals surface area contributed by atoms with Crippen molar-refractivity contribution in [2.75, 3.05) is 0 Å². The van der Waals surface area contributed by atoms with Crippen LogP contribution in [0.25, 0.3) is 0 Å². The quantitative estimate of drug-likeness (QED) is 0.912. The second kappa shape index (κ2) is 6.46. The highest BCUT2D eigenvalue weighted by atomic mass is 16.6. The summed E-state index contributed by atoms with van der Waals surface area (Å²) in [6.07, 6.45) is 5.56. The molecule has 1 aliphatic rings. The number of hydrogen-bond acceptors (Lipinski definition) is 6. The van der Waals surface area contributed by atoms with E-state index in [-0.39, 0.29) is 5.92 Å². The SMILES string of the molecule is CC(c1ccncc1)c1nc(C2(NC(=O)OC(C)(C)C)CCC2)no1. The second-order valence-corrected chi connectivity index (χ2v) is 7.52. The first-order valence-corrected chi connectivity index (χ1v) is 8.54. The molecule has 1 N–H and O–H groups in total. The van der Waals surface area contributed by atoms with Crippen molar-refractivity contribution >= 4 is 6.09 Å². The van der Waals surface area contributed by atoms with Gasteiger partial charge in [-0.3, -0.25) is 4.98 Å². The van der Waals surface area contributed by atoms with Gasteiger partial charge in [0.15, 0.2) is 5.82 Å². The summed E-state index contributed by atoms with van der Waals surface area (Å²) >= 11 is 0. The average molecular weight is 344 g/mol. The molecule has 25 heavy (non-hydrogen) atoms. The Kier molecular flexibility index (Phi) is 4.49. The minimum Gasteiger partial charge on any atom is -0.444 e. The Morgan fingerprint density at radius 1 is 1.32 bits per heavy atom. The Labute approximate surface area is 147 Å². The number of carbonyl (C=O) groups is 1. The maximum Gasteiger partial charge on any atom is 0.408 e. The van der Waals surface area contributed by atoms with E-state index in [0.717, 1.165) is 24.8 Å². The Morgan fingerprint density at radius 3 is 2.56 bits per heavy atom. The smallest absolute Gasteiger partial charge is 0.408 e. The van der Waals surface area contributed by atoms with Crippen LogP contribution in [-0.4, -0.2) is 26.8 Å². The molecule has 1 atom stereocenters. The number of alkyl carbamates (subject to hydrolysis) is 1. The standard InChI is InChI=1S/C18H24N4O3/c1-12(13-6-10-19-11-7-13)14-20-15(22-25-14)18(8-5-9-18)21-16(23)24-17(2,3)4/h6-7,10-12H,5,8-9H2,1-4H3,(H,21,23). The van der Waals surface area contributed by atoms with Crippen molar-refractivity contribution in [3.8, 4) is 0 Å². The zero-order chi connectivity index (χ0) is 18.1. The summed E-state index contributed by atoms with van der Waals surface area (Å²) in [6, 6.07) is 3.85. The molecule has 3 rings (SSSR count). The van der Waals surface area contributed by atoms with Gasteiger partial charge in [-0.25, -0.2) is 4.79 Å². The molecule has 1 aliphatic carbocycles. The van der Waals surface area contributed by atoms with Crippen LogP contribution in [-0.2, 0) is 10.3 Å². The summed E-state index contributed by atoms with van der Waals surface area (Å²) in [5.74, 6) is 1.00. The van der Waals surface area contributed by atoms with E-state index in [2.05, 4.69) is 20.4 Å². The van der Waals surface area contributed by atoms with E-state index in [9.17, 15) is 4.79 Å². The lowest BCUT2D eigenvalue weighted by Gasteiger charge is -2.39. The largest absolute Gasteiger partial charge is 0.444 e. The van der Waals surface area contributed by atoms with Crippen LogP contribution >= 0.6 is 0 Å². The molecule has 1 unspecified atom stereocenters. The van der Waals surface area contributed by atoms with Crippen molar-refractivity contribution in [2.24, 2.45) is 0 Å². The zero-order valence-electron chi connectivity index (χ0n) is 15.1. The zero-order valence-corrected chi connectivity index (χ0v) is 15.1. The summed E-state index contributed by atoms with van der Waals surface area (Å²) in [5.41, 5.74) is -0.0945. The molecule has 0 spiro atoms. The van der Waals surface area contributed by atoms with Gasteiger partial charge in [0.25, 0.3) is 0 Å². The first kappa shape index (κ1) is 17.4. The minimum atomic E-state index is -0.595. The molecule has 0 bridgehead atoms. The predicted molar refractivity (Wildman–Crippen MR) is 91.0 cm³/mol. The average Bonchev–Trinajstić information content (AvgIpc) is 2.99. The van der Waals surface area contributed by atoms with Crippen LogP contribution in [0, 0.1) is 0 Å². The monoisotopic (exact) mass is 344 g/mol. The van der Waals surface area contributed by atoms with Crippen LogP contribution in [0.4, 0.5) is 4.79 Å². The summed E-state index contributed by atoms with van der Waals surface area (Å²) in [6.45, 7) is 7.51. The third-order valence-corrected chi connectivity index (χ3v) is 4.39. The molecule has 1 amide bonds. The summed E-state index contributed by atoms with van der Waals surface area (Å²) in [7, 11) is 0. The van der Waals surface area contributed by atoms with Gasteiger partial charge >= 0.3 is 6.09 Å². The fraction of sp³-hybridized carbons (Fsp3) is 0.556. The van der Waals surface area contributed by atoms with Gasteiger partial charge in [0.05, 0.1) is 5.92 Å². The van der Waals surface area contributed by atoms with Crippen molar-refractivity contribution in [3.63, 3.8) is 0 Å². The van der Waals surface area contributed by atoms with Gasteiger partial charge < -0.3 is 14.6 Å². The molecule has 1 saturated carbocycles. The van der Waals surface area contributed by atoms with Gasteiger partial charge in [0.2, 0.25) is 5.89 Å². The van der Waals surface area contributed by atoms with Gasteiger partial charge in [-0.1, -0.05) is 5.16 Å².